The molecule has 0 amide bonds. The molecule has 0 aliphatic carbocycles. The number of methoxy groups -OCH3 is 1. The van der Waals surface area contributed by atoms with Crippen molar-refractivity contribution in [1.29, 1.82) is 0 Å². The van der Waals surface area contributed by atoms with Gasteiger partial charge in [-0.1, -0.05) is 11.6 Å². The molecule has 1 heterocycles. The monoisotopic (exact) mass is 279 g/mol. The number of fused-ring (bicyclic) bond motifs is 1. The molecule has 2 aromatic rings. The molecule has 0 saturated carbocycles. The van der Waals surface area contributed by atoms with E-state index in [-0.39, 0.29) is 5.69 Å². The zero-order valence-corrected chi connectivity index (χ0v) is 11.7. The average Bonchev–Trinajstić information content (AvgIpc) is 2.40. The molecule has 0 unspecified atom stereocenters. The van der Waals surface area contributed by atoms with Crippen LogP contribution < -0.4 is 4.74 Å². The molecular weight excluding hydrogens is 266 g/mol. The van der Waals surface area contributed by atoms with Crippen LogP contribution in [0, 0.1) is 6.92 Å². The molecule has 0 saturated heterocycles. The van der Waals surface area contributed by atoms with E-state index < -0.39 is 5.97 Å². The van der Waals surface area contributed by atoms with E-state index in [4.69, 9.17) is 16.3 Å². The number of carbonyl (C=O) groups excluding carboxylic acids is 1. The molecule has 1 aromatic carbocycles. The van der Waals surface area contributed by atoms with Gasteiger partial charge in [-0.15, -0.1) is 0 Å². The van der Waals surface area contributed by atoms with Crippen LogP contribution in [-0.2, 0) is 4.74 Å². The van der Waals surface area contributed by atoms with Crippen molar-refractivity contribution in [2.24, 2.45) is 0 Å². The Morgan fingerprint density at radius 2 is 2.11 bits per heavy atom. The molecular formula is C14H14ClNO3. The Morgan fingerprint density at radius 3 is 2.74 bits per heavy atom. The van der Waals surface area contributed by atoms with Crippen LogP contribution in [0.4, 0.5) is 0 Å². The molecule has 100 valence electrons. The summed E-state index contributed by atoms with van der Waals surface area (Å²) in [5, 5.41) is 1.43. The summed E-state index contributed by atoms with van der Waals surface area (Å²) in [7, 11) is 1.32. The summed E-state index contributed by atoms with van der Waals surface area (Å²) in [6.07, 6.45) is 0. The molecule has 2 rings (SSSR count). The zero-order chi connectivity index (χ0) is 14.0. The van der Waals surface area contributed by atoms with Gasteiger partial charge in [0, 0.05) is 16.5 Å². The number of ether oxygens (including phenoxy) is 2. The molecule has 0 atom stereocenters. The van der Waals surface area contributed by atoms with Gasteiger partial charge in [-0.05, 0) is 31.5 Å². The number of hydrogen-bond acceptors (Lipinski definition) is 4. The van der Waals surface area contributed by atoms with E-state index >= 15 is 0 Å². The lowest BCUT2D eigenvalue weighted by atomic mass is 10.1. The van der Waals surface area contributed by atoms with Gasteiger partial charge in [0.2, 0.25) is 0 Å². The summed E-state index contributed by atoms with van der Waals surface area (Å²) in [6, 6.07) is 5.21. The van der Waals surface area contributed by atoms with E-state index in [9.17, 15) is 4.79 Å². The van der Waals surface area contributed by atoms with E-state index in [1.807, 2.05) is 19.9 Å². The number of benzene rings is 1. The summed E-state index contributed by atoms with van der Waals surface area (Å²) in [4.78, 5) is 15.8. The Morgan fingerprint density at radius 1 is 1.37 bits per heavy atom. The third-order valence-electron chi connectivity index (χ3n) is 2.75. The number of esters is 1. The lowest BCUT2D eigenvalue weighted by molar-refractivity contribution is 0.0594. The third-order valence-corrected chi connectivity index (χ3v) is 3.15. The zero-order valence-electron chi connectivity index (χ0n) is 11.0. The summed E-state index contributed by atoms with van der Waals surface area (Å²) in [5.74, 6) is 0.104. The first-order valence-electron chi connectivity index (χ1n) is 5.88. The highest BCUT2D eigenvalue weighted by molar-refractivity contribution is 6.32. The van der Waals surface area contributed by atoms with Crippen LogP contribution in [0.5, 0.6) is 5.75 Å². The first kappa shape index (κ1) is 13.6. The Balaban J connectivity index is 2.71. The lowest BCUT2D eigenvalue weighted by Crippen LogP contribution is -2.06. The number of pyridine rings is 1. The Bertz CT molecular complexity index is 640. The number of aryl methyl sites for hydroxylation is 1. The fourth-order valence-electron chi connectivity index (χ4n) is 1.81. The summed E-state index contributed by atoms with van der Waals surface area (Å²) in [5.41, 5.74) is 1.75. The van der Waals surface area contributed by atoms with Gasteiger partial charge in [0.05, 0.1) is 19.2 Å². The van der Waals surface area contributed by atoms with E-state index in [1.54, 1.807) is 12.1 Å². The third kappa shape index (κ3) is 2.63. The average molecular weight is 280 g/mol. The molecule has 0 bridgehead atoms. The van der Waals surface area contributed by atoms with Crippen LogP contribution in [0.25, 0.3) is 10.9 Å². The van der Waals surface area contributed by atoms with Gasteiger partial charge in [0.1, 0.15) is 5.75 Å². The summed E-state index contributed by atoms with van der Waals surface area (Å²) < 4.78 is 10.2. The molecule has 5 heteroatoms. The number of hydrogen-bond donors (Lipinski definition) is 0. The van der Waals surface area contributed by atoms with Gasteiger partial charge in [-0.2, -0.15) is 0 Å². The van der Waals surface area contributed by atoms with Crippen LogP contribution in [0.15, 0.2) is 18.2 Å². The molecule has 0 fully saturated rings. The smallest absolute Gasteiger partial charge is 0.356 e. The van der Waals surface area contributed by atoms with Gasteiger partial charge >= 0.3 is 5.97 Å². The molecule has 0 radical (unpaired) electrons. The van der Waals surface area contributed by atoms with Crippen LogP contribution in [0.3, 0.4) is 0 Å². The second-order valence-electron chi connectivity index (χ2n) is 4.05. The topological polar surface area (TPSA) is 48.4 Å². The van der Waals surface area contributed by atoms with Crippen molar-refractivity contribution in [1.82, 2.24) is 4.98 Å². The van der Waals surface area contributed by atoms with Crippen molar-refractivity contribution >= 4 is 28.5 Å². The van der Waals surface area contributed by atoms with Crippen LogP contribution in [0.1, 0.15) is 23.0 Å². The van der Waals surface area contributed by atoms with E-state index in [1.165, 1.54) is 7.11 Å². The summed E-state index contributed by atoms with van der Waals surface area (Å²) >= 11 is 6.09. The van der Waals surface area contributed by atoms with Crippen molar-refractivity contribution in [2.45, 2.75) is 13.8 Å². The minimum atomic E-state index is -0.500. The predicted molar refractivity (Wildman–Crippen MR) is 74.0 cm³/mol. The number of aromatic nitrogens is 1. The van der Waals surface area contributed by atoms with Crippen LogP contribution >= 0.6 is 11.6 Å². The minimum absolute atomic E-state index is 0.207. The fourth-order valence-corrected chi connectivity index (χ4v) is 1.97. The highest BCUT2D eigenvalue weighted by Gasteiger charge is 2.14. The van der Waals surface area contributed by atoms with Crippen molar-refractivity contribution in [2.75, 3.05) is 13.7 Å². The van der Waals surface area contributed by atoms with Crippen molar-refractivity contribution in [3.63, 3.8) is 0 Å². The van der Waals surface area contributed by atoms with Crippen molar-refractivity contribution < 1.29 is 14.3 Å². The lowest BCUT2D eigenvalue weighted by Gasteiger charge is -2.10. The molecule has 19 heavy (non-hydrogen) atoms. The number of carbonyl (C=O) groups is 1. The Hall–Kier alpha value is -1.81. The first-order valence-corrected chi connectivity index (χ1v) is 6.26. The van der Waals surface area contributed by atoms with Gasteiger partial charge < -0.3 is 9.47 Å². The van der Waals surface area contributed by atoms with Crippen molar-refractivity contribution in [3.05, 3.63) is 34.5 Å². The predicted octanol–water partition coefficient (Wildman–Crippen LogP) is 3.38. The molecule has 4 nitrogen and oxygen atoms in total. The van der Waals surface area contributed by atoms with Gasteiger partial charge in [-0.25, -0.2) is 9.78 Å². The van der Waals surface area contributed by atoms with Gasteiger partial charge in [0.25, 0.3) is 0 Å². The highest BCUT2D eigenvalue weighted by Crippen LogP contribution is 2.30. The Labute approximate surface area is 116 Å². The molecule has 1 aromatic heterocycles. The van der Waals surface area contributed by atoms with E-state index in [0.29, 0.717) is 22.9 Å². The SMILES string of the molecule is CCOc1cc(C(=O)OC)nc2cc(Cl)c(C)cc12. The second kappa shape index (κ2) is 5.45. The quantitative estimate of drug-likeness (QED) is 0.808. The van der Waals surface area contributed by atoms with E-state index in [0.717, 1.165) is 10.9 Å². The second-order valence-corrected chi connectivity index (χ2v) is 4.46. The standard InChI is InChI=1S/C14H14ClNO3/c1-4-19-13-7-12(14(17)18-3)16-11-6-10(15)8(2)5-9(11)13/h5-7H,4H2,1-3H3. The molecule has 0 spiro atoms. The maximum atomic E-state index is 11.6. The number of nitrogens with zero attached hydrogens (tertiary/aromatic N) is 1. The van der Waals surface area contributed by atoms with Gasteiger partial charge in [0.15, 0.2) is 5.69 Å². The number of halogens is 1. The minimum Gasteiger partial charge on any atom is -0.493 e. The molecule has 0 aliphatic heterocycles. The van der Waals surface area contributed by atoms with Crippen LogP contribution in [0.2, 0.25) is 5.02 Å². The number of rotatable bonds is 3. The largest absolute Gasteiger partial charge is 0.493 e. The normalized spacial score (nSPS) is 10.5. The maximum absolute atomic E-state index is 11.6. The van der Waals surface area contributed by atoms with Crippen molar-refractivity contribution in [3.8, 4) is 5.75 Å². The fraction of sp³-hybridized carbons (Fsp3) is 0.286. The Kier molecular flexibility index (Phi) is 3.90. The first-order chi connectivity index (χ1) is 9.06. The molecule has 0 aliphatic rings. The summed E-state index contributed by atoms with van der Waals surface area (Å²) in [6.45, 7) is 4.29. The van der Waals surface area contributed by atoms with Gasteiger partial charge in [-0.3, -0.25) is 0 Å². The molecule has 0 N–H and O–H groups in total. The maximum Gasteiger partial charge on any atom is 0.356 e. The highest BCUT2D eigenvalue weighted by atomic mass is 35.5. The van der Waals surface area contributed by atoms with E-state index in [2.05, 4.69) is 9.72 Å². The van der Waals surface area contributed by atoms with Crippen LogP contribution in [-0.4, -0.2) is 24.7 Å².